The second-order valence-corrected chi connectivity index (χ2v) is 9.72. The standard InChI is InChI=1S/C25H29F2N3O7/c1-13(28)19-16(11-25(22(33)34)9-3-8-24(2,30-25)21(31)32)29-20(37-19)15-6-7-17(36-23(26)27)18(10-15)35-12-14-4-5-14/h3,6-8,10,13-14,23,30H,4-5,9,11-12,28H2,1-2H3,(H,31,32)(H,33,34)/t13?,24?,25-/m0/s1. The average molecular weight is 522 g/mol. The van der Waals surface area contributed by atoms with Crippen molar-refractivity contribution in [1.82, 2.24) is 10.3 Å². The molecule has 2 aliphatic rings. The number of carboxylic acid groups (broad SMARTS) is 2. The molecule has 1 aromatic heterocycles. The summed E-state index contributed by atoms with van der Waals surface area (Å²) in [4.78, 5) is 28.7. The van der Waals surface area contributed by atoms with Gasteiger partial charge in [-0.1, -0.05) is 12.2 Å². The number of aliphatic carboxylic acids is 2. The van der Waals surface area contributed by atoms with Gasteiger partial charge in [0.25, 0.3) is 0 Å². The number of oxazole rings is 1. The third-order valence-corrected chi connectivity index (χ3v) is 6.46. The van der Waals surface area contributed by atoms with Crippen LogP contribution in [0.4, 0.5) is 8.78 Å². The van der Waals surface area contributed by atoms with Gasteiger partial charge < -0.3 is 29.8 Å². The summed E-state index contributed by atoms with van der Waals surface area (Å²) >= 11 is 0. The molecule has 0 bridgehead atoms. The third-order valence-electron chi connectivity index (χ3n) is 6.46. The zero-order chi connectivity index (χ0) is 27.0. The van der Waals surface area contributed by atoms with Crippen LogP contribution in [0, 0.1) is 5.92 Å². The molecule has 2 unspecified atom stereocenters. The lowest BCUT2D eigenvalue weighted by Gasteiger charge is -2.39. The van der Waals surface area contributed by atoms with E-state index in [2.05, 4.69) is 15.0 Å². The van der Waals surface area contributed by atoms with E-state index in [1.165, 1.54) is 37.3 Å². The largest absolute Gasteiger partial charge is 0.489 e. The van der Waals surface area contributed by atoms with Gasteiger partial charge in [0.1, 0.15) is 16.8 Å². The molecule has 5 N–H and O–H groups in total. The number of nitrogens with one attached hydrogen (secondary N) is 1. The fourth-order valence-corrected chi connectivity index (χ4v) is 4.24. The first kappa shape index (κ1) is 26.6. The number of hydrogen-bond acceptors (Lipinski definition) is 8. The summed E-state index contributed by atoms with van der Waals surface area (Å²) in [6.07, 6.45) is 4.71. The average Bonchev–Trinajstić information content (AvgIpc) is 3.55. The van der Waals surface area contributed by atoms with Crippen molar-refractivity contribution in [3.8, 4) is 23.0 Å². The third kappa shape index (κ3) is 5.75. The first-order chi connectivity index (χ1) is 17.4. The predicted molar refractivity (Wildman–Crippen MR) is 126 cm³/mol. The molecule has 200 valence electrons. The van der Waals surface area contributed by atoms with Crippen LogP contribution in [0.3, 0.4) is 0 Å². The van der Waals surface area contributed by atoms with E-state index in [-0.39, 0.29) is 41.7 Å². The summed E-state index contributed by atoms with van der Waals surface area (Å²) in [5.41, 5.74) is 3.42. The Morgan fingerprint density at radius 1 is 1.27 bits per heavy atom. The van der Waals surface area contributed by atoms with Crippen molar-refractivity contribution < 1.29 is 42.5 Å². The second kappa shape index (κ2) is 10.1. The van der Waals surface area contributed by atoms with Crippen molar-refractivity contribution in [2.75, 3.05) is 6.61 Å². The van der Waals surface area contributed by atoms with Gasteiger partial charge >= 0.3 is 18.6 Å². The molecule has 4 rings (SSSR count). The van der Waals surface area contributed by atoms with Gasteiger partial charge in [0.15, 0.2) is 11.5 Å². The van der Waals surface area contributed by atoms with E-state index in [4.69, 9.17) is 14.9 Å². The van der Waals surface area contributed by atoms with Crippen LogP contribution in [0.5, 0.6) is 11.5 Å². The number of carbonyl (C=O) groups is 2. The van der Waals surface area contributed by atoms with Crippen LogP contribution in [-0.4, -0.2) is 51.4 Å². The molecule has 0 saturated heterocycles. The minimum atomic E-state index is -3.03. The van der Waals surface area contributed by atoms with E-state index >= 15 is 0 Å². The summed E-state index contributed by atoms with van der Waals surface area (Å²) in [5.74, 6) is -1.85. The van der Waals surface area contributed by atoms with Crippen molar-refractivity contribution in [3.05, 3.63) is 41.8 Å². The number of nitrogens with zero attached hydrogens (tertiary/aromatic N) is 1. The molecular weight excluding hydrogens is 492 g/mol. The molecule has 1 fully saturated rings. The van der Waals surface area contributed by atoms with Crippen LogP contribution in [0.2, 0.25) is 0 Å². The summed E-state index contributed by atoms with van der Waals surface area (Å²) in [6.45, 7) is 0.330. The lowest BCUT2D eigenvalue weighted by Crippen LogP contribution is -2.65. The summed E-state index contributed by atoms with van der Waals surface area (Å²) < 4.78 is 42.0. The Kier molecular flexibility index (Phi) is 7.24. The Bertz CT molecular complexity index is 1210. The highest BCUT2D eigenvalue weighted by atomic mass is 19.3. The van der Waals surface area contributed by atoms with Crippen LogP contribution in [-0.2, 0) is 16.0 Å². The Labute approximate surface area is 211 Å². The monoisotopic (exact) mass is 521 g/mol. The van der Waals surface area contributed by atoms with Gasteiger partial charge in [-0.3, -0.25) is 10.1 Å². The van der Waals surface area contributed by atoms with Gasteiger partial charge in [-0.25, -0.2) is 9.78 Å². The fourth-order valence-electron chi connectivity index (χ4n) is 4.24. The summed E-state index contributed by atoms with van der Waals surface area (Å²) in [6, 6.07) is 3.60. The molecule has 1 aliphatic carbocycles. The highest BCUT2D eigenvalue weighted by Crippen LogP contribution is 2.38. The molecule has 1 aromatic carbocycles. The van der Waals surface area contributed by atoms with E-state index in [0.717, 1.165) is 12.8 Å². The van der Waals surface area contributed by atoms with Crippen molar-refractivity contribution >= 4 is 11.9 Å². The smallest absolute Gasteiger partial charge is 0.387 e. The van der Waals surface area contributed by atoms with E-state index in [1.54, 1.807) is 6.92 Å². The molecule has 37 heavy (non-hydrogen) atoms. The highest BCUT2D eigenvalue weighted by Gasteiger charge is 2.49. The molecular formula is C25H29F2N3O7. The first-order valence-electron chi connectivity index (χ1n) is 11.8. The normalized spacial score (nSPS) is 24.2. The number of benzene rings is 1. The van der Waals surface area contributed by atoms with Crippen molar-refractivity contribution in [3.63, 3.8) is 0 Å². The van der Waals surface area contributed by atoms with Gasteiger partial charge in [0.2, 0.25) is 5.89 Å². The Hall–Kier alpha value is -3.51. The van der Waals surface area contributed by atoms with Gasteiger partial charge in [0.05, 0.1) is 18.3 Å². The lowest BCUT2D eigenvalue weighted by atomic mass is 9.81. The molecule has 0 radical (unpaired) electrons. The maximum absolute atomic E-state index is 12.9. The molecule has 12 heteroatoms. The Morgan fingerprint density at radius 2 is 2.00 bits per heavy atom. The van der Waals surface area contributed by atoms with Crippen LogP contribution < -0.4 is 20.5 Å². The Morgan fingerprint density at radius 3 is 2.59 bits per heavy atom. The van der Waals surface area contributed by atoms with Gasteiger partial charge in [-0.15, -0.1) is 0 Å². The van der Waals surface area contributed by atoms with Crippen LogP contribution in [0.25, 0.3) is 11.5 Å². The van der Waals surface area contributed by atoms with Gasteiger partial charge in [0, 0.05) is 12.0 Å². The van der Waals surface area contributed by atoms with Gasteiger partial charge in [-0.2, -0.15) is 8.78 Å². The molecule has 3 atom stereocenters. The maximum atomic E-state index is 12.9. The summed E-state index contributed by atoms with van der Waals surface area (Å²) in [7, 11) is 0. The number of nitrogens with two attached hydrogens (primary N) is 1. The van der Waals surface area contributed by atoms with Crippen molar-refractivity contribution in [1.29, 1.82) is 0 Å². The van der Waals surface area contributed by atoms with Gasteiger partial charge in [-0.05, 0) is 57.2 Å². The molecule has 2 aromatic rings. The number of aromatic nitrogens is 1. The Balaban J connectivity index is 1.69. The zero-order valence-electron chi connectivity index (χ0n) is 20.4. The maximum Gasteiger partial charge on any atom is 0.387 e. The summed E-state index contributed by atoms with van der Waals surface area (Å²) in [5, 5.41) is 22.5. The quantitative estimate of drug-likeness (QED) is 0.323. The zero-order valence-corrected chi connectivity index (χ0v) is 20.4. The van der Waals surface area contributed by atoms with Crippen molar-refractivity contribution in [2.24, 2.45) is 11.7 Å². The molecule has 0 spiro atoms. The minimum absolute atomic E-state index is 0.00457. The number of rotatable bonds is 11. The van der Waals surface area contributed by atoms with E-state index in [9.17, 15) is 28.6 Å². The van der Waals surface area contributed by atoms with Crippen molar-refractivity contribution in [2.45, 2.75) is 63.3 Å². The molecule has 1 saturated carbocycles. The predicted octanol–water partition coefficient (Wildman–Crippen LogP) is 3.51. The van der Waals surface area contributed by atoms with E-state index in [1.807, 2.05) is 0 Å². The molecule has 1 aliphatic heterocycles. The molecule has 10 nitrogen and oxygen atoms in total. The number of alkyl halides is 2. The van der Waals surface area contributed by atoms with Crippen LogP contribution in [0.15, 0.2) is 34.8 Å². The fraction of sp³-hybridized carbons (Fsp3) is 0.480. The SMILES string of the molecule is CC(N)c1oc(-c2ccc(OC(F)F)c(OCC3CC3)c2)nc1C[C@]1(C(=O)O)CC=CC(C)(C(=O)O)N1. The van der Waals surface area contributed by atoms with E-state index in [0.29, 0.717) is 18.1 Å². The second-order valence-electron chi connectivity index (χ2n) is 9.72. The van der Waals surface area contributed by atoms with Crippen LogP contribution in [0.1, 0.15) is 50.6 Å². The number of halogens is 2. The first-order valence-corrected chi connectivity index (χ1v) is 11.8. The molecule has 0 amide bonds. The number of ether oxygens (including phenoxy) is 2. The number of carboxylic acids is 2. The minimum Gasteiger partial charge on any atom is -0.489 e. The highest BCUT2D eigenvalue weighted by molar-refractivity contribution is 5.86. The lowest BCUT2D eigenvalue weighted by molar-refractivity contribution is -0.149. The van der Waals surface area contributed by atoms with E-state index < -0.39 is 35.7 Å². The topological polar surface area (TPSA) is 157 Å². The van der Waals surface area contributed by atoms with Crippen LogP contribution >= 0.6 is 0 Å². The number of hydrogen-bond donors (Lipinski definition) is 4. The molecule has 2 heterocycles.